The molecule has 0 fully saturated rings. The maximum Gasteiger partial charge on any atom is 0.194 e. The van der Waals surface area contributed by atoms with Gasteiger partial charge < -0.3 is 0 Å². The molecule has 0 amide bonds. The predicted octanol–water partition coefficient (Wildman–Crippen LogP) is 5.53. The molecule has 1 nitrogen and oxygen atoms in total. The normalized spacial score (nSPS) is 10.4. The molecule has 92 valence electrons. The monoisotopic (exact) mass is 318 g/mol. The molecule has 0 radical (unpaired) electrons. The Balaban J connectivity index is 2.51. The predicted molar refractivity (Wildman–Crippen MR) is 76.4 cm³/mol. The number of ketones is 1. The Morgan fingerprint density at radius 1 is 0.778 bits per heavy atom. The summed E-state index contributed by atoms with van der Waals surface area (Å²) in [6.07, 6.45) is 0. The summed E-state index contributed by atoms with van der Waals surface area (Å²) in [5.74, 6) is -0.271. The van der Waals surface area contributed by atoms with E-state index in [9.17, 15) is 4.79 Å². The van der Waals surface area contributed by atoms with Gasteiger partial charge >= 0.3 is 0 Å². The number of benzene rings is 2. The summed E-state index contributed by atoms with van der Waals surface area (Å²) in [6.45, 7) is 0. The molecule has 0 unspecified atom stereocenters. The van der Waals surface area contributed by atoms with Gasteiger partial charge in [0.25, 0.3) is 0 Å². The molecule has 0 atom stereocenters. The quantitative estimate of drug-likeness (QED) is 0.665. The highest BCUT2D eigenvalue weighted by atomic mass is 35.5. The van der Waals surface area contributed by atoms with Crippen LogP contribution in [0.5, 0.6) is 0 Å². The molecule has 2 aromatic carbocycles. The van der Waals surface area contributed by atoms with E-state index in [0.717, 1.165) is 0 Å². The molecular weight excluding hydrogens is 314 g/mol. The third kappa shape index (κ3) is 2.99. The Morgan fingerprint density at radius 3 is 2.00 bits per heavy atom. The van der Waals surface area contributed by atoms with E-state index in [1.165, 1.54) is 18.2 Å². The molecular formula is C13H6Cl4O. The highest BCUT2D eigenvalue weighted by molar-refractivity contribution is 6.38. The Hall–Kier alpha value is -0.730. The van der Waals surface area contributed by atoms with Crippen LogP contribution in [0, 0.1) is 0 Å². The molecule has 0 aliphatic rings. The fourth-order valence-corrected chi connectivity index (χ4v) is 2.41. The molecule has 2 rings (SSSR count). The number of carbonyl (C=O) groups excluding carboxylic acids is 1. The van der Waals surface area contributed by atoms with Gasteiger partial charge in [-0.05, 0) is 36.4 Å². The number of carbonyl (C=O) groups is 1. The second-order valence-electron chi connectivity index (χ2n) is 3.61. The molecule has 5 heteroatoms. The van der Waals surface area contributed by atoms with Crippen molar-refractivity contribution in [3.63, 3.8) is 0 Å². The highest BCUT2D eigenvalue weighted by Gasteiger charge is 2.14. The van der Waals surface area contributed by atoms with Crippen LogP contribution in [0.2, 0.25) is 20.1 Å². The maximum absolute atomic E-state index is 12.3. The number of halogens is 4. The lowest BCUT2D eigenvalue weighted by molar-refractivity contribution is 0.103. The maximum atomic E-state index is 12.3. The van der Waals surface area contributed by atoms with Crippen molar-refractivity contribution in [2.75, 3.05) is 0 Å². The molecule has 18 heavy (non-hydrogen) atoms. The van der Waals surface area contributed by atoms with E-state index in [2.05, 4.69) is 0 Å². The summed E-state index contributed by atoms with van der Waals surface area (Å²) in [4.78, 5) is 12.3. The lowest BCUT2D eigenvalue weighted by Gasteiger charge is -2.05. The lowest BCUT2D eigenvalue weighted by Crippen LogP contribution is -2.02. The second-order valence-corrected chi connectivity index (χ2v) is 5.33. The molecule has 0 spiro atoms. The first-order chi connectivity index (χ1) is 8.47. The Labute approximate surface area is 124 Å². The standard InChI is InChI=1S/C13H6Cl4O/c14-8-1-2-12(17)11(6-8)13(18)7-3-9(15)5-10(16)4-7/h1-6H. The Kier molecular flexibility index (Phi) is 4.18. The number of rotatable bonds is 2. The van der Waals surface area contributed by atoms with Crippen molar-refractivity contribution in [2.45, 2.75) is 0 Å². The topological polar surface area (TPSA) is 17.1 Å². The largest absolute Gasteiger partial charge is 0.289 e. The van der Waals surface area contributed by atoms with Crippen LogP contribution in [0.3, 0.4) is 0 Å². The SMILES string of the molecule is O=C(c1cc(Cl)cc(Cl)c1)c1cc(Cl)ccc1Cl. The highest BCUT2D eigenvalue weighted by Crippen LogP contribution is 2.26. The lowest BCUT2D eigenvalue weighted by atomic mass is 10.0. The average molecular weight is 320 g/mol. The van der Waals surface area contributed by atoms with E-state index in [1.54, 1.807) is 18.2 Å². The second kappa shape index (κ2) is 5.50. The van der Waals surface area contributed by atoms with Gasteiger partial charge in [0.05, 0.1) is 5.02 Å². The Bertz CT molecular complexity index is 602. The van der Waals surface area contributed by atoms with Crippen LogP contribution in [0.25, 0.3) is 0 Å². The summed E-state index contributed by atoms with van der Waals surface area (Å²) < 4.78 is 0. The van der Waals surface area contributed by atoms with Crippen molar-refractivity contribution >= 4 is 52.2 Å². The third-order valence-corrected chi connectivity index (χ3v) is 3.30. The van der Waals surface area contributed by atoms with Crippen LogP contribution in [0.15, 0.2) is 36.4 Å². The molecule has 0 saturated carbocycles. The van der Waals surface area contributed by atoms with Gasteiger partial charge in [-0.1, -0.05) is 46.4 Å². The van der Waals surface area contributed by atoms with E-state index in [0.29, 0.717) is 31.2 Å². The molecule has 0 bridgehead atoms. The molecule has 0 N–H and O–H groups in total. The van der Waals surface area contributed by atoms with Gasteiger partial charge in [0.1, 0.15) is 0 Å². The van der Waals surface area contributed by atoms with Crippen molar-refractivity contribution in [3.05, 3.63) is 67.6 Å². The molecule has 0 aliphatic carbocycles. The van der Waals surface area contributed by atoms with E-state index < -0.39 is 0 Å². The van der Waals surface area contributed by atoms with Crippen LogP contribution in [0.1, 0.15) is 15.9 Å². The van der Waals surface area contributed by atoms with Crippen LogP contribution < -0.4 is 0 Å². The minimum Gasteiger partial charge on any atom is -0.289 e. The van der Waals surface area contributed by atoms with Crippen molar-refractivity contribution in [1.29, 1.82) is 0 Å². The van der Waals surface area contributed by atoms with Gasteiger partial charge in [-0.15, -0.1) is 0 Å². The fraction of sp³-hybridized carbons (Fsp3) is 0. The average Bonchev–Trinajstić information content (AvgIpc) is 2.30. The van der Waals surface area contributed by atoms with Crippen LogP contribution in [0.4, 0.5) is 0 Å². The first-order valence-corrected chi connectivity index (χ1v) is 6.44. The molecule has 0 aliphatic heterocycles. The van der Waals surface area contributed by atoms with E-state index >= 15 is 0 Å². The molecule has 0 aromatic heterocycles. The van der Waals surface area contributed by atoms with Gasteiger partial charge in [-0.25, -0.2) is 0 Å². The van der Waals surface area contributed by atoms with Crippen molar-refractivity contribution in [3.8, 4) is 0 Å². The van der Waals surface area contributed by atoms with Gasteiger partial charge in [0.15, 0.2) is 5.78 Å². The van der Waals surface area contributed by atoms with Crippen molar-refractivity contribution in [1.82, 2.24) is 0 Å². The molecule has 2 aromatic rings. The van der Waals surface area contributed by atoms with Gasteiger partial charge in [0.2, 0.25) is 0 Å². The zero-order valence-electron chi connectivity index (χ0n) is 8.88. The summed E-state index contributed by atoms with van der Waals surface area (Å²) in [6, 6.07) is 9.33. The van der Waals surface area contributed by atoms with Crippen molar-refractivity contribution in [2.24, 2.45) is 0 Å². The fourth-order valence-electron chi connectivity index (χ4n) is 1.51. The van der Waals surface area contributed by atoms with Gasteiger partial charge in [0, 0.05) is 26.2 Å². The van der Waals surface area contributed by atoms with E-state index in [4.69, 9.17) is 46.4 Å². The number of hydrogen-bond donors (Lipinski definition) is 0. The summed E-state index contributed by atoms with van der Waals surface area (Å²) in [7, 11) is 0. The van der Waals surface area contributed by atoms with E-state index in [-0.39, 0.29) is 5.78 Å². The molecule has 0 heterocycles. The van der Waals surface area contributed by atoms with Crippen molar-refractivity contribution < 1.29 is 4.79 Å². The Morgan fingerprint density at radius 2 is 1.39 bits per heavy atom. The first-order valence-electron chi connectivity index (χ1n) is 4.93. The molecule has 0 saturated heterocycles. The minimum atomic E-state index is -0.271. The number of hydrogen-bond acceptors (Lipinski definition) is 1. The summed E-state index contributed by atoms with van der Waals surface area (Å²) >= 11 is 23.5. The minimum absolute atomic E-state index is 0.271. The zero-order chi connectivity index (χ0) is 13.3. The third-order valence-electron chi connectivity index (χ3n) is 2.30. The van der Waals surface area contributed by atoms with Crippen LogP contribution in [-0.4, -0.2) is 5.78 Å². The zero-order valence-corrected chi connectivity index (χ0v) is 11.9. The summed E-state index contributed by atoms with van der Waals surface area (Å²) in [5.41, 5.74) is 0.694. The first kappa shape index (κ1) is 13.7. The van der Waals surface area contributed by atoms with Gasteiger partial charge in [-0.2, -0.15) is 0 Å². The van der Waals surface area contributed by atoms with Gasteiger partial charge in [-0.3, -0.25) is 4.79 Å². The van der Waals surface area contributed by atoms with Crippen LogP contribution in [-0.2, 0) is 0 Å². The van der Waals surface area contributed by atoms with Crippen LogP contribution >= 0.6 is 46.4 Å². The smallest absolute Gasteiger partial charge is 0.194 e. The van der Waals surface area contributed by atoms with E-state index in [1.807, 2.05) is 0 Å². The summed E-state index contributed by atoms with van der Waals surface area (Å²) in [5, 5.41) is 1.56.